The van der Waals surface area contributed by atoms with Gasteiger partial charge in [0, 0.05) is 107 Å². The van der Waals surface area contributed by atoms with Crippen LogP contribution in [-0.4, -0.2) is 0 Å². The molecule has 0 radical (unpaired) electrons. The zero-order valence-corrected chi connectivity index (χ0v) is 66.0. The van der Waals surface area contributed by atoms with Gasteiger partial charge in [-0.2, -0.15) is 0 Å². The largest absolute Gasteiger partial charge is 0.310 e. The molecule has 0 N–H and O–H groups in total. The second-order valence-electron chi connectivity index (χ2n) is 30.2. The normalized spacial score (nSPS) is 11.6. The average molecular weight is 1540 g/mol. The summed E-state index contributed by atoms with van der Waals surface area (Å²) in [5, 5.41) is 14.6. The lowest BCUT2D eigenvalue weighted by Gasteiger charge is -2.29. The summed E-state index contributed by atoms with van der Waals surface area (Å²) in [7, 11) is 0. The highest BCUT2D eigenvalue weighted by molar-refractivity contribution is 7.26. The van der Waals surface area contributed by atoms with Gasteiger partial charge in [-0.15, -0.1) is 22.7 Å². The number of benzene rings is 20. The van der Waals surface area contributed by atoms with Gasteiger partial charge in [0.15, 0.2) is 0 Å². The van der Waals surface area contributed by atoms with Crippen LogP contribution in [0.5, 0.6) is 0 Å². The molecule has 0 atom stereocenters. The minimum Gasteiger partial charge on any atom is -0.310 e. The van der Waals surface area contributed by atoms with Crippen molar-refractivity contribution < 1.29 is 0 Å². The molecular formula is C112H74N4S2. The Morgan fingerprint density at radius 3 is 0.576 bits per heavy atom. The molecule has 6 heteroatoms. The van der Waals surface area contributed by atoms with Crippen LogP contribution in [0, 0.1) is 0 Å². The summed E-state index contributed by atoms with van der Waals surface area (Å²) >= 11 is 3.76. The molecule has 0 spiro atoms. The van der Waals surface area contributed by atoms with Crippen molar-refractivity contribution in [3.05, 3.63) is 449 Å². The highest BCUT2D eigenvalue weighted by Gasteiger charge is 2.28. The summed E-state index contributed by atoms with van der Waals surface area (Å²) < 4.78 is 4.87. The summed E-state index contributed by atoms with van der Waals surface area (Å²) in [5.74, 6) is 0. The quantitative estimate of drug-likeness (QED) is 0.0901. The van der Waals surface area contributed by atoms with E-state index in [1.54, 1.807) is 0 Å². The molecule has 22 rings (SSSR count). The number of para-hydroxylation sites is 2. The molecule has 0 saturated heterocycles. The molecule has 20 aromatic carbocycles. The Labute approximate surface area is 693 Å². The van der Waals surface area contributed by atoms with Gasteiger partial charge in [0.1, 0.15) is 0 Å². The van der Waals surface area contributed by atoms with Crippen LogP contribution in [0.1, 0.15) is 0 Å². The van der Waals surface area contributed by atoms with Crippen LogP contribution in [0.2, 0.25) is 0 Å². The van der Waals surface area contributed by atoms with E-state index >= 15 is 0 Å². The number of hydrogen-bond acceptors (Lipinski definition) is 6. The molecule has 0 amide bonds. The van der Waals surface area contributed by atoms with E-state index in [-0.39, 0.29) is 0 Å². The summed E-state index contributed by atoms with van der Waals surface area (Å²) in [4.78, 5) is 9.89. The van der Waals surface area contributed by atoms with Crippen LogP contribution in [0.4, 0.5) is 68.2 Å². The third kappa shape index (κ3) is 12.5. The molecule has 0 bridgehead atoms. The monoisotopic (exact) mass is 1540 g/mol. The molecule has 2 heterocycles. The number of fused-ring (bicyclic) bond motifs is 14. The van der Waals surface area contributed by atoms with Crippen molar-refractivity contribution in [3.63, 3.8) is 0 Å². The minimum atomic E-state index is 1.04. The fourth-order valence-corrected chi connectivity index (χ4v) is 20.4. The van der Waals surface area contributed by atoms with Gasteiger partial charge in [-0.3, -0.25) is 0 Å². The van der Waals surface area contributed by atoms with Crippen LogP contribution < -0.4 is 19.6 Å². The Morgan fingerprint density at radius 1 is 0.127 bits per heavy atom. The van der Waals surface area contributed by atoms with E-state index in [0.717, 1.165) is 107 Å². The number of rotatable bonds is 17. The molecule has 0 aliphatic heterocycles. The standard InChI is InChI=1S/C112H74N4S2/c1-7-31-75(32-8-1)79-59-63-87(64-60-79)113(85-43-15-5-16-44-85)101-71-105-109(97-55-23-19-51-93(97)101)111-99-57-25-21-53-95(99)103(73-107(111)117-105)115(88-65-61-80(62-66-88)76-33-9-2-10-34-76)90-48-29-41-83(69-90)84-42-30-50-92(70-84)116(91-49-28-40-82(68-91)78-37-13-4-14-38-78)104-74-108-112(100-58-26-22-54-96(100)104)110-98-56-24-20-52-94(98)102(72-106(110)118-108)114(86-45-17-6-18-46-86)89-47-27-39-81(67-89)77-35-11-3-12-36-77/h1-74H. The van der Waals surface area contributed by atoms with E-state index in [0.29, 0.717) is 0 Å². The Bertz CT molecular complexity index is 7540. The Balaban J connectivity index is 0.707. The predicted molar refractivity (Wildman–Crippen MR) is 508 cm³/mol. The molecule has 118 heavy (non-hydrogen) atoms. The second kappa shape index (κ2) is 29.8. The lowest BCUT2D eigenvalue weighted by atomic mass is 9.96. The zero-order chi connectivity index (χ0) is 78.0. The van der Waals surface area contributed by atoms with E-state index < -0.39 is 0 Å². The Kier molecular flexibility index (Phi) is 17.6. The first-order chi connectivity index (χ1) is 58.5. The number of anilines is 12. The Morgan fingerprint density at radius 2 is 0.305 bits per heavy atom. The summed E-state index contributed by atoms with van der Waals surface area (Å²) in [6, 6.07) is 165. The van der Waals surface area contributed by atoms with Gasteiger partial charge in [-0.1, -0.05) is 328 Å². The fraction of sp³-hybridized carbons (Fsp3) is 0. The third-order valence-electron chi connectivity index (χ3n) is 23.3. The first kappa shape index (κ1) is 69.8. The molecule has 2 aromatic heterocycles. The first-order valence-corrected chi connectivity index (χ1v) is 41.9. The molecule has 554 valence electrons. The lowest BCUT2D eigenvalue weighted by Crippen LogP contribution is -2.11. The molecule has 0 saturated carbocycles. The van der Waals surface area contributed by atoms with Crippen molar-refractivity contribution in [2.45, 2.75) is 0 Å². The lowest BCUT2D eigenvalue weighted by molar-refractivity contribution is 1.29. The van der Waals surface area contributed by atoms with Gasteiger partial charge >= 0.3 is 0 Å². The highest BCUT2D eigenvalue weighted by Crippen LogP contribution is 2.55. The SMILES string of the molecule is c1ccc(-c2ccc(N(c3ccccc3)c3cc4sc5cc(N(c6ccc(-c7ccccc7)cc6)c6cccc(-c7cccc(N(c8cccc(-c9ccccc9)c8)c8cc9sc%10cc(N(c%11ccccc%11)c%11cccc(-c%12ccccc%12)c%11)c%11ccccc%11c%10c9c9ccccc89)c7)c6)c6ccccc6c5c4c4ccccc34)cc2)cc1. The van der Waals surface area contributed by atoms with E-state index in [1.807, 2.05) is 22.7 Å². The van der Waals surface area contributed by atoms with Crippen LogP contribution in [-0.2, 0) is 0 Å². The van der Waals surface area contributed by atoms with Gasteiger partial charge in [-0.05, 0) is 199 Å². The van der Waals surface area contributed by atoms with Crippen LogP contribution in [0.3, 0.4) is 0 Å². The van der Waals surface area contributed by atoms with Gasteiger partial charge in [0.05, 0.1) is 22.7 Å². The maximum absolute atomic E-state index is 2.51. The summed E-state index contributed by atoms with van der Waals surface area (Å²) in [6.45, 7) is 0. The summed E-state index contributed by atoms with van der Waals surface area (Å²) in [6.07, 6.45) is 0. The fourth-order valence-electron chi connectivity index (χ4n) is 17.9. The third-order valence-corrected chi connectivity index (χ3v) is 25.5. The maximum Gasteiger partial charge on any atom is 0.0554 e. The summed E-state index contributed by atoms with van der Waals surface area (Å²) in [5.41, 5.74) is 24.6. The van der Waals surface area contributed by atoms with E-state index in [9.17, 15) is 0 Å². The highest BCUT2D eigenvalue weighted by atomic mass is 32.1. The predicted octanol–water partition coefficient (Wildman–Crippen LogP) is 33.2. The first-order valence-electron chi connectivity index (χ1n) is 40.3. The molecule has 4 nitrogen and oxygen atoms in total. The van der Waals surface area contributed by atoms with E-state index in [1.165, 1.54) is 100 Å². The molecule has 0 unspecified atom stereocenters. The number of thiophene rings is 2. The van der Waals surface area contributed by atoms with Crippen LogP contribution in [0.15, 0.2) is 449 Å². The maximum atomic E-state index is 2.51. The van der Waals surface area contributed by atoms with Crippen molar-refractivity contribution in [2.24, 2.45) is 0 Å². The zero-order valence-electron chi connectivity index (χ0n) is 64.3. The molecule has 0 aliphatic carbocycles. The number of nitrogens with zero attached hydrogens (tertiary/aromatic N) is 4. The van der Waals surface area contributed by atoms with Gasteiger partial charge in [0.25, 0.3) is 0 Å². The van der Waals surface area contributed by atoms with E-state index in [2.05, 4.69) is 469 Å². The van der Waals surface area contributed by atoms with E-state index in [4.69, 9.17) is 0 Å². The van der Waals surface area contributed by atoms with Gasteiger partial charge in [0.2, 0.25) is 0 Å². The van der Waals surface area contributed by atoms with Crippen molar-refractivity contribution in [1.29, 1.82) is 0 Å². The topological polar surface area (TPSA) is 13.0 Å². The van der Waals surface area contributed by atoms with Crippen molar-refractivity contribution in [1.82, 2.24) is 0 Å². The smallest absolute Gasteiger partial charge is 0.0554 e. The Hall–Kier alpha value is -14.9. The molecular weight excluding hydrogens is 1470 g/mol. The average Bonchev–Trinajstić information content (AvgIpc) is 1.54. The second-order valence-corrected chi connectivity index (χ2v) is 32.4. The molecule has 0 fully saturated rings. The van der Waals surface area contributed by atoms with Crippen LogP contribution in [0.25, 0.3) is 139 Å². The van der Waals surface area contributed by atoms with Crippen LogP contribution >= 0.6 is 22.7 Å². The van der Waals surface area contributed by atoms with Gasteiger partial charge in [-0.25, -0.2) is 0 Å². The number of hydrogen-bond donors (Lipinski definition) is 0. The molecule has 22 aromatic rings. The molecule has 0 aliphatic rings. The minimum absolute atomic E-state index is 1.04. The van der Waals surface area contributed by atoms with Crippen molar-refractivity contribution in [3.8, 4) is 55.6 Å². The van der Waals surface area contributed by atoms with Crippen molar-refractivity contribution >= 4 is 174 Å². The van der Waals surface area contributed by atoms with Gasteiger partial charge < -0.3 is 19.6 Å². The van der Waals surface area contributed by atoms with Crippen molar-refractivity contribution in [2.75, 3.05) is 19.6 Å².